The summed E-state index contributed by atoms with van der Waals surface area (Å²) in [6, 6.07) is 5.37. The van der Waals surface area contributed by atoms with E-state index in [1.54, 1.807) is 0 Å². The van der Waals surface area contributed by atoms with E-state index in [0.717, 1.165) is 18.3 Å². The lowest BCUT2D eigenvalue weighted by molar-refractivity contribution is -0.137. The average molecular weight is 370 g/mol. The third kappa shape index (κ3) is 4.29. The minimum absolute atomic E-state index is 0.0581. The van der Waals surface area contributed by atoms with Gasteiger partial charge in [0.05, 0.1) is 24.3 Å². The Morgan fingerprint density at radius 1 is 1.31 bits per heavy atom. The van der Waals surface area contributed by atoms with Crippen LogP contribution >= 0.6 is 0 Å². The number of ether oxygens (including phenoxy) is 2. The molecule has 0 spiro atoms. The first-order valence-electron chi connectivity index (χ1n) is 7.71. The number of carbonyl (C=O) groups excluding carboxylic acids is 1. The van der Waals surface area contributed by atoms with Crippen molar-refractivity contribution < 1.29 is 31.8 Å². The largest absolute Gasteiger partial charge is 0.488 e. The van der Waals surface area contributed by atoms with Crippen LogP contribution in [0.2, 0.25) is 0 Å². The fourth-order valence-electron chi connectivity index (χ4n) is 2.46. The zero-order chi connectivity index (χ0) is 18.7. The van der Waals surface area contributed by atoms with Crippen molar-refractivity contribution in [2.45, 2.75) is 18.7 Å². The van der Waals surface area contributed by atoms with Gasteiger partial charge in [-0.2, -0.15) is 17.6 Å². The number of nitrogens with zero attached hydrogens (tertiary/aromatic N) is 1. The summed E-state index contributed by atoms with van der Waals surface area (Å²) in [6.07, 6.45) is -3.28. The van der Waals surface area contributed by atoms with E-state index in [1.807, 2.05) is 0 Å². The molecule has 3 rings (SSSR count). The molecule has 1 aliphatic heterocycles. The molecular formula is C17H14F4N2O3. The number of amides is 1. The summed E-state index contributed by atoms with van der Waals surface area (Å²) in [4.78, 5) is 15.5. The van der Waals surface area contributed by atoms with Gasteiger partial charge in [-0.25, -0.2) is 4.98 Å². The van der Waals surface area contributed by atoms with E-state index in [0.29, 0.717) is 13.0 Å². The number of hydrogen-bond donors (Lipinski definition) is 1. The van der Waals surface area contributed by atoms with Gasteiger partial charge < -0.3 is 14.8 Å². The number of nitrogens with one attached hydrogen (secondary N) is 1. The molecule has 1 aromatic heterocycles. The van der Waals surface area contributed by atoms with Crippen LogP contribution in [-0.2, 0) is 10.9 Å². The van der Waals surface area contributed by atoms with Crippen LogP contribution in [0.3, 0.4) is 0 Å². The van der Waals surface area contributed by atoms with E-state index in [2.05, 4.69) is 10.3 Å². The molecule has 9 heteroatoms. The quantitative estimate of drug-likeness (QED) is 0.659. The maximum atomic E-state index is 13.6. The molecule has 5 nitrogen and oxygen atoms in total. The van der Waals surface area contributed by atoms with Crippen LogP contribution in [0, 0.1) is 5.95 Å². The molecule has 26 heavy (non-hydrogen) atoms. The molecule has 1 atom stereocenters. The molecule has 2 heterocycles. The lowest BCUT2D eigenvalue weighted by Gasteiger charge is -2.16. The summed E-state index contributed by atoms with van der Waals surface area (Å²) in [5, 5.41) is 2.25. The first-order valence-corrected chi connectivity index (χ1v) is 7.71. The molecule has 138 valence electrons. The molecule has 1 N–H and O–H groups in total. The van der Waals surface area contributed by atoms with Crippen LogP contribution in [0.1, 0.15) is 22.3 Å². The van der Waals surface area contributed by atoms with E-state index in [9.17, 15) is 22.4 Å². The number of rotatable bonds is 4. The number of benzene rings is 1. The second-order valence-electron chi connectivity index (χ2n) is 5.64. The Balaban J connectivity index is 1.87. The summed E-state index contributed by atoms with van der Waals surface area (Å²) in [5.74, 6) is -1.99. The zero-order valence-corrected chi connectivity index (χ0v) is 13.3. The van der Waals surface area contributed by atoms with Gasteiger partial charge in [-0.05, 0) is 24.3 Å². The lowest BCUT2D eigenvalue weighted by Crippen LogP contribution is -2.18. The van der Waals surface area contributed by atoms with Crippen molar-refractivity contribution >= 4 is 11.6 Å². The van der Waals surface area contributed by atoms with E-state index < -0.39 is 23.6 Å². The van der Waals surface area contributed by atoms with Crippen molar-refractivity contribution in [2.75, 3.05) is 18.5 Å². The lowest BCUT2D eigenvalue weighted by atomic mass is 10.1. The van der Waals surface area contributed by atoms with Gasteiger partial charge in [0, 0.05) is 24.4 Å². The number of carbonyl (C=O) groups is 1. The van der Waals surface area contributed by atoms with Gasteiger partial charge in [0.1, 0.15) is 11.9 Å². The van der Waals surface area contributed by atoms with Crippen molar-refractivity contribution in [3.05, 3.63) is 53.6 Å². The number of alkyl halides is 3. The Morgan fingerprint density at radius 2 is 2.12 bits per heavy atom. The highest BCUT2D eigenvalue weighted by Gasteiger charge is 2.32. The minimum atomic E-state index is -4.63. The van der Waals surface area contributed by atoms with E-state index in [-0.39, 0.29) is 29.7 Å². The number of halogens is 4. The standard InChI is InChI=1S/C17H14F4N2O3/c18-15-14(2-1-4-22-15)16(24)23-11-6-10(17(19,20)21)7-13(8-11)26-12-3-5-25-9-12/h1-2,4,6-8,12H,3,5,9H2,(H,23,24). The normalized spacial score (nSPS) is 17.2. The van der Waals surface area contributed by atoms with Gasteiger partial charge in [-0.3, -0.25) is 4.79 Å². The summed E-state index contributed by atoms with van der Waals surface area (Å²) >= 11 is 0. The van der Waals surface area contributed by atoms with Gasteiger partial charge in [0.15, 0.2) is 0 Å². The maximum Gasteiger partial charge on any atom is 0.416 e. The Kier molecular flexibility index (Phi) is 5.08. The summed E-state index contributed by atoms with van der Waals surface area (Å²) < 4.78 is 63.6. The van der Waals surface area contributed by atoms with Crippen LogP contribution in [-0.4, -0.2) is 30.2 Å². The van der Waals surface area contributed by atoms with Crippen LogP contribution in [0.25, 0.3) is 0 Å². The first kappa shape index (κ1) is 18.1. The van der Waals surface area contributed by atoms with E-state index >= 15 is 0 Å². The molecule has 0 aliphatic carbocycles. The fourth-order valence-corrected chi connectivity index (χ4v) is 2.46. The third-order valence-electron chi connectivity index (χ3n) is 3.69. The third-order valence-corrected chi connectivity index (χ3v) is 3.69. The Bertz CT molecular complexity index is 805. The van der Waals surface area contributed by atoms with Crippen LogP contribution in [0.15, 0.2) is 36.5 Å². The monoisotopic (exact) mass is 370 g/mol. The van der Waals surface area contributed by atoms with Crippen LogP contribution in [0.4, 0.5) is 23.2 Å². The molecule has 0 radical (unpaired) electrons. The molecule has 0 saturated carbocycles. The Labute approximate surface area is 145 Å². The molecular weight excluding hydrogens is 356 g/mol. The molecule has 0 bridgehead atoms. The van der Waals surface area contributed by atoms with Crippen molar-refractivity contribution in [3.8, 4) is 5.75 Å². The fraction of sp³-hybridized carbons (Fsp3) is 0.294. The topological polar surface area (TPSA) is 60.5 Å². The predicted molar refractivity (Wildman–Crippen MR) is 83.4 cm³/mol. The predicted octanol–water partition coefficient (Wildman–Crippen LogP) is 3.66. The first-order chi connectivity index (χ1) is 12.3. The number of pyridine rings is 1. The van der Waals surface area contributed by atoms with Gasteiger partial charge in [-0.1, -0.05) is 0 Å². The van der Waals surface area contributed by atoms with Gasteiger partial charge in [0.25, 0.3) is 5.91 Å². The van der Waals surface area contributed by atoms with Gasteiger partial charge in [-0.15, -0.1) is 0 Å². The van der Waals surface area contributed by atoms with Crippen molar-refractivity contribution in [2.24, 2.45) is 0 Å². The molecule has 1 aromatic carbocycles. The van der Waals surface area contributed by atoms with E-state index in [1.165, 1.54) is 18.2 Å². The molecule has 1 amide bonds. The van der Waals surface area contributed by atoms with Gasteiger partial charge in [0.2, 0.25) is 5.95 Å². The molecule has 2 aromatic rings. The van der Waals surface area contributed by atoms with Crippen molar-refractivity contribution in [1.82, 2.24) is 4.98 Å². The number of aromatic nitrogens is 1. The van der Waals surface area contributed by atoms with E-state index in [4.69, 9.17) is 9.47 Å². The highest BCUT2D eigenvalue weighted by atomic mass is 19.4. The second-order valence-corrected chi connectivity index (χ2v) is 5.64. The highest BCUT2D eigenvalue weighted by Crippen LogP contribution is 2.35. The summed E-state index contributed by atoms with van der Waals surface area (Å²) in [7, 11) is 0. The summed E-state index contributed by atoms with van der Waals surface area (Å²) in [5.41, 5.74) is -1.53. The SMILES string of the molecule is O=C(Nc1cc(OC2CCOC2)cc(C(F)(F)F)c1)c1cccnc1F. The smallest absolute Gasteiger partial charge is 0.416 e. The molecule has 1 unspecified atom stereocenters. The molecule has 1 aliphatic rings. The summed E-state index contributed by atoms with van der Waals surface area (Å²) in [6.45, 7) is 0.742. The minimum Gasteiger partial charge on any atom is -0.488 e. The van der Waals surface area contributed by atoms with Gasteiger partial charge >= 0.3 is 6.18 Å². The number of hydrogen-bond acceptors (Lipinski definition) is 4. The molecule has 1 fully saturated rings. The molecule has 1 saturated heterocycles. The Hall–Kier alpha value is -2.68. The zero-order valence-electron chi connectivity index (χ0n) is 13.3. The number of anilines is 1. The Morgan fingerprint density at radius 3 is 2.77 bits per heavy atom. The second kappa shape index (κ2) is 7.28. The van der Waals surface area contributed by atoms with Crippen molar-refractivity contribution in [3.63, 3.8) is 0 Å². The highest BCUT2D eigenvalue weighted by molar-refractivity contribution is 6.04. The average Bonchev–Trinajstić information content (AvgIpc) is 3.07. The van der Waals surface area contributed by atoms with Crippen LogP contribution < -0.4 is 10.1 Å². The van der Waals surface area contributed by atoms with Crippen LogP contribution in [0.5, 0.6) is 5.75 Å². The maximum absolute atomic E-state index is 13.6. The van der Waals surface area contributed by atoms with Crippen molar-refractivity contribution in [1.29, 1.82) is 0 Å².